The quantitative estimate of drug-likeness (QED) is 0.373. The number of aromatic amines is 1. The molecule has 2 aromatic rings. The second kappa shape index (κ2) is 11.9. The van der Waals surface area contributed by atoms with Crippen LogP contribution in [0.15, 0.2) is 33.9 Å². The number of amides is 1. The van der Waals surface area contributed by atoms with Crippen LogP contribution in [0.1, 0.15) is 26.7 Å². The summed E-state index contributed by atoms with van der Waals surface area (Å²) in [6.07, 6.45) is -0.496. The first-order valence-electron chi connectivity index (χ1n) is 10.4. The Bertz CT molecular complexity index is 1090. The molecule has 0 radical (unpaired) electrons. The second-order valence-corrected chi connectivity index (χ2v) is 7.66. The first kappa shape index (κ1) is 25.7. The molecule has 11 nitrogen and oxygen atoms in total. The first-order chi connectivity index (χ1) is 15.7. The highest BCUT2D eigenvalue weighted by molar-refractivity contribution is 5.97. The third-order valence-electron chi connectivity index (χ3n) is 4.69. The van der Waals surface area contributed by atoms with E-state index in [0.717, 1.165) is 4.90 Å². The van der Waals surface area contributed by atoms with Gasteiger partial charge in [0.25, 0.3) is 5.56 Å². The minimum atomic E-state index is -0.793. The van der Waals surface area contributed by atoms with E-state index in [2.05, 4.69) is 4.98 Å². The number of nitrogens with zero attached hydrogens (tertiary/aromatic N) is 2. The molecule has 1 aromatic carbocycles. The summed E-state index contributed by atoms with van der Waals surface area (Å²) in [5.41, 5.74) is 4.53. The molecule has 0 aliphatic carbocycles. The first-order valence-corrected chi connectivity index (χ1v) is 10.4. The molecule has 3 N–H and O–H groups in total. The van der Waals surface area contributed by atoms with E-state index in [1.807, 2.05) is 13.8 Å². The predicted octanol–water partition coefficient (Wildman–Crippen LogP) is 1.15. The van der Waals surface area contributed by atoms with Gasteiger partial charge >= 0.3 is 11.7 Å². The van der Waals surface area contributed by atoms with Crippen molar-refractivity contribution in [3.63, 3.8) is 0 Å². The molecule has 1 heterocycles. The largest absolute Gasteiger partial charge is 0.493 e. The number of benzene rings is 1. The van der Waals surface area contributed by atoms with Crippen molar-refractivity contribution < 1.29 is 23.8 Å². The van der Waals surface area contributed by atoms with E-state index >= 15 is 0 Å². The molecule has 0 aliphatic rings. The average molecular weight is 463 g/mol. The summed E-state index contributed by atoms with van der Waals surface area (Å²) in [6, 6.07) is 6.63. The number of carbonyl (C=O) groups excluding carboxylic acids is 2. The van der Waals surface area contributed by atoms with Crippen molar-refractivity contribution in [3.05, 3.63) is 45.1 Å². The van der Waals surface area contributed by atoms with Gasteiger partial charge in [-0.15, -0.1) is 0 Å². The van der Waals surface area contributed by atoms with E-state index < -0.39 is 23.1 Å². The van der Waals surface area contributed by atoms with Gasteiger partial charge in [0.15, 0.2) is 17.2 Å². The van der Waals surface area contributed by atoms with E-state index in [0.29, 0.717) is 5.75 Å². The maximum absolute atomic E-state index is 13.0. The van der Waals surface area contributed by atoms with E-state index in [-0.39, 0.29) is 55.7 Å². The maximum atomic E-state index is 13.0. The second-order valence-electron chi connectivity index (χ2n) is 7.66. The summed E-state index contributed by atoms with van der Waals surface area (Å²) in [5, 5.41) is 0. The van der Waals surface area contributed by atoms with Crippen LogP contribution in [-0.2, 0) is 20.9 Å². The smallest absolute Gasteiger partial charge is 0.330 e. The molecule has 0 saturated heterocycles. The van der Waals surface area contributed by atoms with Crippen LogP contribution in [0, 0.1) is 5.92 Å². The molecule has 0 atom stereocenters. The van der Waals surface area contributed by atoms with Gasteiger partial charge in [0.2, 0.25) is 5.91 Å². The fraction of sp³-hybridized carbons (Fsp3) is 0.455. The number of hydrogen-bond acceptors (Lipinski definition) is 8. The van der Waals surface area contributed by atoms with Gasteiger partial charge in [0.05, 0.1) is 20.1 Å². The van der Waals surface area contributed by atoms with Crippen molar-refractivity contribution in [2.75, 3.05) is 38.0 Å². The lowest BCUT2D eigenvalue weighted by atomic mass is 10.2. The molecule has 180 valence electrons. The molecule has 0 saturated carbocycles. The SMILES string of the molecule is COCCN(C(=O)CCC(=O)Oc1ccccc1OC)c1c(N)n(CC(C)C)c(=O)[nH]c1=O. The summed E-state index contributed by atoms with van der Waals surface area (Å²) in [7, 11) is 2.89. The standard InChI is InChI=1S/C22H30N4O7/c1-14(2)13-26-20(23)19(21(29)24-22(26)30)25(11-12-31-3)17(27)9-10-18(28)33-16-8-6-5-7-15(16)32-4/h5-8,14H,9-13,23H2,1-4H3,(H,24,29,30). The molecule has 1 amide bonds. The number of para-hydroxylation sites is 2. The minimum absolute atomic E-state index is 0.00402. The number of nitrogens with one attached hydrogen (secondary N) is 1. The number of nitrogen functional groups attached to an aromatic ring is 1. The van der Waals surface area contributed by atoms with Crippen LogP contribution < -0.4 is 31.4 Å². The number of methoxy groups -OCH3 is 2. The van der Waals surface area contributed by atoms with E-state index in [1.165, 1.54) is 18.8 Å². The Kier molecular flexibility index (Phi) is 9.22. The zero-order valence-electron chi connectivity index (χ0n) is 19.3. The van der Waals surface area contributed by atoms with E-state index in [9.17, 15) is 19.2 Å². The number of anilines is 2. The fourth-order valence-corrected chi connectivity index (χ4v) is 3.15. The summed E-state index contributed by atoms with van der Waals surface area (Å²) in [6.45, 7) is 4.14. The minimum Gasteiger partial charge on any atom is -0.493 e. The molecule has 11 heteroatoms. The van der Waals surface area contributed by atoms with Crippen LogP contribution in [0.5, 0.6) is 11.5 Å². The maximum Gasteiger partial charge on any atom is 0.330 e. The summed E-state index contributed by atoms with van der Waals surface area (Å²) in [5.74, 6) is -0.641. The van der Waals surface area contributed by atoms with Crippen molar-refractivity contribution >= 4 is 23.4 Å². The molecule has 0 aliphatic heterocycles. The Labute approximate surface area is 191 Å². The van der Waals surface area contributed by atoms with Gasteiger partial charge in [0.1, 0.15) is 5.82 Å². The monoisotopic (exact) mass is 462 g/mol. The molecule has 0 spiro atoms. The van der Waals surface area contributed by atoms with Crippen LogP contribution in [0.4, 0.5) is 11.5 Å². The zero-order chi connectivity index (χ0) is 24.5. The van der Waals surface area contributed by atoms with Gasteiger partial charge in [0, 0.05) is 26.6 Å². The number of esters is 1. The van der Waals surface area contributed by atoms with Crippen molar-refractivity contribution in [3.8, 4) is 11.5 Å². The molecular formula is C22H30N4O7. The van der Waals surface area contributed by atoms with Crippen molar-refractivity contribution in [1.29, 1.82) is 0 Å². The highest BCUT2D eigenvalue weighted by atomic mass is 16.6. The highest BCUT2D eigenvalue weighted by Gasteiger charge is 2.25. The number of ether oxygens (including phenoxy) is 3. The fourth-order valence-electron chi connectivity index (χ4n) is 3.15. The molecule has 2 rings (SSSR count). The Balaban J connectivity index is 2.24. The third-order valence-corrected chi connectivity index (χ3v) is 4.69. The molecule has 33 heavy (non-hydrogen) atoms. The predicted molar refractivity (Wildman–Crippen MR) is 123 cm³/mol. The summed E-state index contributed by atoms with van der Waals surface area (Å²) < 4.78 is 16.7. The lowest BCUT2D eigenvalue weighted by molar-refractivity contribution is -0.136. The van der Waals surface area contributed by atoms with Gasteiger partial charge in [-0.3, -0.25) is 23.9 Å². The van der Waals surface area contributed by atoms with Gasteiger partial charge in [-0.2, -0.15) is 0 Å². The number of carbonyl (C=O) groups is 2. The molecule has 1 aromatic heterocycles. The zero-order valence-corrected chi connectivity index (χ0v) is 19.3. The molecule has 0 unspecified atom stereocenters. The van der Waals surface area contributed by atoms with Gasteiger partial charge < -0.3 is 24.8 Å². The Hall–Kier alpha value is -3.60. The van der Waals surface area contributed by atoms with Crippen molar-refractivity contribution in [1.82, 2.24) is 9.55 Å². The highest BCUT2D eigenvalue weighted by Crippen LogP contribution is 2.26. The van der Waals surface area contributed by atoms with Crippen LogP contribution in [0.3, 0.4) is 0 Å². The number of H-pyrrole nitrogens is 1. The number of nitrogens with two attached hydrogens (primary N) is 1. The van der Waals surface area contributed by atoms with E-state index in [4.69, 9.17) is 19.9 Å². The molecular weight excluding hydrogens is 432 g/mol. The van der Waals surface area contributed by atoms with Crippen LogP contribution in [0.25, 0.3) is 0 Å². The summed E-state index contributed by atoms with van der Waals surface area (Å²) >= 11 is 0. The van der Waals surface area contributed by atoms with Gasteiger partial charge in [-0.1, -0.05) is 26.0 Å². The lowest BCUT2D eigenvalue weighted by Gasteiger charge is -2.24. The Morgan fingerprint density at radius 2 is 1.79 bits per heavy atom. The molecule has 0 bridgehead atoms. The lowest BCUT2D eigenvalue weighted by Crippen LogP contribution is -2.43. The van der Waals surface area contributed by atoms with Crippen molar-refractivity contribution in [2.45, 2.75) is 33.2 Å². The van der Waals surface area contributed by atoms with Gasteiger partial charge in [-0.25, -0.2) is 4.79 Å². The Morgan fingerprint density at radius 1 is 1.12 bits per heavy atom. The van der Waals surface area contributed by atoms with Crippen LogP contribution >= 0.6 is 0 Å². The Morgan fingerprint density at radius 3 is 2.39 bits per heavy atom. The topological polar surface area (TPSA) is 146 Å². The number of aromatic nitrogens is 2. The molecule has 0 fully saturated rings. The van der Waals surface area contributed by atoms with E-state index in [1.54, 1.807) is 24.3 Å². The third kappa shape index (κ3) is 6.69. The van der Waals surface area contributed by atoms with Crippen LogP contribution in [-0.4, -0.2) is 48.8 Å². The average Bonchev–Trinajstić information content (AvgIpc) is 2.77. The van der Waals surface area contributed by atoms with Gasteiger partial charge in [-0.05, 0) is 18.1 Å². The normalized spacial score (nSPS) is 10.8. The number of rotatable bonds is 11. The van der Waals surface area contributed by atoms with Crippen molar-refractivity contribution in [2.24, 2.45) is 5.92 Å². The van der Waals surface area contributed by atoms with Crippen LogP contribution in [0.2, 0.25) is 0 Å². The summed E-state index contributed by atoms with van der Waals surface area (Å²) in [4.78, 5) is 53.4. The number of hydrogen-bond donors (Lipinski definition) is 2.